The highest BCUT2D eigenvalue weighted by molar-refractivity contribution is 5.77. The number of para-hydroxylation sites is 2. The van der Waals surface area contributed by atoms with Gasteiger partial charge in [-0.3, -0.25) is 9.36 Å². The van der Waals surface area contributed by atoms with E-state index in [2.05, 4.69) is 5.32 Å². The first kappa shape index (κ1) is 16.1. The molecular weight excluding hydrogens is 308 g/mol. The Hall–Kier alpha value is -2.76. The average Bonchev–Trinajstić information content (AvgIpc) is 3.03. The Morgan fingerprint density at radius 1 is 1.25 bits per heavy atom. The Morgan fingerprint density at radius 3 is 2.71 bits per heavy atom. The fourth-order valence-corrected chi connectivity index (χ4v) is 2.91. The molecule has 0 spiro atoms. The zero-order chi connectivity index (χ0) is 17.3. The molecule has 0 unspecified atom stereocenters. The molecule has 1 N–H and O–H groups in total. The smallest absolute Gasteiger partial charge is 0.419 e. The number of carbonyl (C=O) groups is 1. The standard InChI is InChI=1S/C18H20N2O4/c1-11-10-14(13(3)23-11)12(2)19-17(21)8-9-20-15-6-4-5-7-16(15)24-18(20)22/h4-7,10,12H,8-9H2,1-3H3,(H,19,21)/t12-/m1/s1. The summed E-state index contributed by atoms with van der Waals surface area (Å²) in [6.07, 6.45) is 0.198. The Labute approximate surface area is 139 Å². The number of oxazole rings is 1. The second-order valence-electron chi connectivity index (χ2n) is 5.90. The molecule has 0 bridgehead atoms. The summed E-state index contributed by atoms with van der Waals surface area (Å²) in [5.41, 5.74) is 2.19. The van der Waals surface area contributed by atoms with E-state index in [-0.39, 0.29) is 24.9 Å². The van der Waals surface area contributed by atoms with Crippen LogP contribution in [0.3, 0.4) is 0 Å². The van der Waals surface area contributed by atoms with Gasteiger partial charge in [0, 0.05) is 18.5 Å². The molecule has 2 aromatic heterocycles. The van der Waals surface area contributed by atoms with Crippen LogP contribution < -0.4 is 11.1 Å². The van der Waals surface area contributed by atoms with Crippen LogP contribution in [-0.2, 0) is 11.3 Å². The molecule has 0 fully saturated rings. The van der Waals surface area contributed by atoms with Gasteiger partial charge in [0.2, 0.25) is 5.91 Å². The van der Waals surface area contributed by atoms with Gasteiger partial charge in [-0.25, -0.2) is 4.79 Å². The number of rotatable bonds is 5. The Morgan fingerprint density at radius 2 is 2.00 bits per heavy atom. The lowest BCUT2D eigenvalue weighted by Gasteiger charge is -2.13. The molecule has 1 atom stereocenters. The van der Waals surface area contributed by atoms with Crippen LogP contribution in [0.5, 0.6) is 0 Å². The number of amides is 1. The van der Waals surface area contributed by atoms with Crippen molar-refractivity contribution in [1.82, 2.24) is 9.88 Å². The highest BCUT2D eigenvalue weighted by Crippen LogP contribution is 2.21. The van der Waals surface area contributed by atoms with Crippen LogP contribution in [0.25, 0.3) is 11.1 Å². The van der Waals surface area contributed by atoms with E-state index in [0.29, 0.717) is 11.1 Å². The summed E-state index contributed by atoms with van der Waals surface area (Å²) in [7, 11) is 0. The van der Waals surface area contributed by atoms with E-state index in [9.17, 15) is 9.59 Å². The first-order chi connectivity index (χ1) is 11.5. The summed E-state index contributed by atoms with van der Waals surface area (Å²) in [5.74, 6) is 1.05. The van der Waals surface area contributed by atoms with Gasteiger partial charge in [-0.1, -0.05) is 12.1 Å². The van der Waals surface area contributed by atoms with E-state index in [4.69, 9.17) is 8.83 Å². The molecule has 0 saturated heterocycles. The predicted octanol–water partition coefficient (Wildman–Crippen LogP) is 3.07. The molecule has 6 nitrogen and oxygen atoms in total. The number of carbonyl (C=O) groups excluding carboxylic acids is 1. The molecular formula is C18H20N2O4. The van der Waals surface area contributed by atoms with E-state index >= 15 is 0 Å². The van der Waals surface area contributed by atoms with Crippen molar-refractivity contribution in [3.63, 3.8) is 0 Å². The fraction of sp³-hybridized carbons (Fsp3) is 0.333. The van der Waals surface area contributed by atoms with Gasteiger partial charge in [-0.05, 0) is 39.0 Å². The Bertz CT molecular complexity index is 932. The number of aryl methyl sites for hydroxylation is 3. The zero-order valence-electron chi connectivity index (χ0n) is 14.0. The summed E-state index contributed by atoms with van der Waals surface area (Å²) < 4.78 is 12.1. The van der Waals surface area contributed by atoms with Crippen LogP contribution >= 0.6 is 0 Å². The zero-order valence-corrected chi connectivity index (χ0v) is 14.0. The van der Waals surface area contributed by atoms with Crippen LogP contribution in [0.15, 0.2) is 44.0 Å². The van der Waals surface area contributed by atoms with E-state index < -0.39 is 5.76 Å². The van der Waals surface area contributed by atoms with Crippen molar-refractivity contribution in [1.29, 1.82) is 0 Å². The summed E-state index contributed by atoms with van der Waals surface area (Å²) in [6, 6.07) is 8.96. The lowest BCUT2D eigenvalue weighted by atomic mass is 10.1. The maximum atomic E-state index is 12.2. The normalized spacial score (nSPS) is 12.5. The molecule has 3 aromatic rings. The minimum atomic E-state index is -0.446. The highest BCUT2D eigenvalue weighted by atomic mass is 16.4. The molecule has 0 aliphatic carbocycles. The summed E-state index contributed by atoms with van der Waals surface area (Å²) in [5, 5.41) is 2.94. The quantitative estimate of drug-likeness (QED) is 0.781. The third kappa shape index (κ3) is 3.13. The molecule has 0 aliphatic heterocycles. The van der Waals surface area contributed by atoms with Crippen LogP contribution in [0, 0.1) is 13.8 Å². The van der Waals surface area contributed by atoms with Gasteiger partial charge < -0.3 is 14.2 Å². The number of benzene rings is 1. The van der Waals surface area contributed by atoms with Gasteiger partial charge >= 0.3 is 5.76 Å². The molecule has 3 rings (SSSR count). The number of aromatic nitrogens is 1. The number of fused-ring (bicyclic) bond motifs is 1. The third-order valence-corrected chi connectivity index (χ3v) is 4.06. The van der Waals surface area contributed by atoms with Crippen LogP contribution in [-0.4, -0.2) is 10.5 Å². The van der Waals surface area contributed by atoms with Crippen molar-refractivity contribution in [2.24, 2.45) is 0 Å². The molecule has 6 heteroatoms. The maximum Gasteiger partial charge on any atom is 0.419 e. The summed E-state index contributed by atoms with van der Waals surface area (Å²) in [6.45, 7) is 5.94. The monoisotopic (exact) mass is 328 g/mol. The maximum absolute atomic E-state index is 12.2. The third-order valence-electron chi connectivity index (χ3n) is 4.06. The Kier molecular flexibility index (Phi) is 4.29. The van der Waals surface area contributed by atoms with Gasteiger partial charge in [0.05, 0.1) is 11.6 Å². The van der Waals surface area contributed by atoms with Gasteiger partial charge in [0.25, 0.3) is 0 Å². The predicted molar refractivity (Wildman–Crippen MR) is 89.8 cm³/mol. The Balaban J connectivity index is 1.66. The van der Waals surface area contributed by atoms with Crippen LogP contribution in [0.2, 0.25) is 0 Å². The van der Waals surface area contributed by atoms with Crippen LogP contribution in [0.4, 0.5) is 0 Å². The van der Waals surface area contributed by atoms with E-state index in [1.165, 1.54) is 4.57 Å². The van der Waals surface area contributed by atoms with Crippen LogP contribution in [0.1, 0.15) is 36.5 Å². The largest absolute Gasteiger partial charge is 0.466 e. The second kappa shape index (κ2) is 6.39. The molecule has 2 heterocycles. The average molecular weight is 328 g/mol. The minimum Gasteiger partial charge on any atom is -0.466 e. The number of hydrogen-bond acceptors (Lipinski definition) is 4. The van der Waals surface area contributed by atoms with E-state index in [1.807, 2.05) is 32.9 Å². The topological polar surface area (TPSA) is 77.4 Å². The van der Waals surface area contributed by atoms with E-state index in [0.717, 1.165) is 17.1 Å². The van der Waals surface area contributed by atoms with E-state index in [1.54, 1.807) is 18.2 Å². The number of furan rings is 1. The molecule has 1 amide bonds. The first-order valence-electron chi connectivity index (χ1n) is 7.90. The number of nitrogens with one attached hydrogen (secondary N) is 1. The molecule has 0 saturated carbocycles. The van der Waals surface area contributed by atoms with Gasteiger partial charge in [0.15, 0.2) is 5.58 Å². The fourth-order valence-electron chi connectivity index (χ4n) is 2.91. The minimum absolute atomic E-state index is 0.127. The first-order valence-corrected chi connectivity index (χ1v) is 7.90. The second-order valence-corrected chi connectivity index (χ2v) is 5.90. The SMILES string of the molecule is Cc1cc([C@@H](C)NC(=O)CCn2c(=O)oc3ccccc32)c(C)o1. The lowest BCUT2D eigenvalue weighted by molar-refractivity contribution is -0.121. The van der Waals surface area contributed by atoms with Crippen molar-refractivity contribution < 1.29 is 13.6 Å². The highest BCUT2D eigenvalue weighted by Gasteiger charge is 2.16. The molecule has 24 heavy (non-hydrogen) atoms. The van der Waals surface area contributed by atoms with Crippen molar-refractivity contribution >= 4 is 17.0 Å². The summed E-state index contributed by atoms with van der Waals surface area (Å²) in [4.78, 5) is 24.1. The molecule has 1 aromatic carbocycles. The number of hydrogen-bond donors (Lipinski definition) is 1. The summed E-state index contributed by atoms with van der Waals surface area (Å²) >= 11 is 0. The van der Waals surface area contributed by atoms with Crippen molar-refractivity contribution in [3.8, 4) is 0 Å². The van der Waals surface area contributed by atoms with Crippen molar-refractivity contribution in [2.45, 2.75) is 39.8 Å². The van der Waals surface area contributed by atoms with Crippen molar-refractivity contribution in [2.75, 3.05) is 0 Å². The van der Waals surface area contributed by atoms with Gasteiger partial charge in [0.1, 0.15) is 11.5 Å². The molecule has 0 radical (unpaired) electrons. The lowest BCUT2D eigenvalue weighted by Crippen LogP contribution is -2.28. The molecule has 0 aliphatic rings. The number of nitrogens with zero attached hydrogens (tertiary/aromatic N) is 1. The molecule has 126 valence electrons. The van der Waals surface area contributed by atoms with Gasteiger partial charge in [-0.15, -0.1) is 0 Å². The van der Waals surface area contributed by atoms with Crippen molar-refractivity contribution in [3.05, 3.63) is 58.0 Å². The van der Waals surface area contributed by atoms with Gasteiger partial charge in [-0.2, -0.15) is 0 Å².